The summed E-state index contributed by atoms with van der Waals surface area (Å²) >= 11 is 0. The number of halogens is 1. The van der Waals surface area contributed by atoms with Gasteiger partial charge in [-0.05, 0) is 44.2 Å². The van der Waals surface area contributed by atoms with E-state index in [1.807, 2.05) is 0 Å². The molecule has 2 N–H and O–H groups in total. The molecule has 0 saturated heterocycles. The number of benzene rings is 1. The molecule has 0 amide bonds. The Morgan fingerprint density at radius 1 is 1.26 bits per heavy atom. The van der Waals surface area contributed by atoms with Gasteiger partial charge in [-0.1, -0.05) is 0 Å². The molecule has 1 heterocycles. The van der Waals surface area contributed by atoms with Crippen molar-refractivity contribution in [3.8, 4) is 11.3 Å². The van der Waals surface area contributed by atoms with Crippen molar-refractivity contribution in [3.05, 3.63) is 52.1 Å². The van der Waals surface area contributed by atoms with Crippen LogP contribution in [0.15, 0.2) is 35.1 Å². The fraction of sp³-hybridized carbons (Fsp3) is 0.286. The molecule has 0 saturated carbocycles. The van der Waals surface area contributed by atoms with E-state index in [9.17, 15) is 9.18 Å². The monoisotopic (exact) mass is 261 g/mol. The third kappa shape index (κ3) is 2.71. The van der Waals surface area contributed by atoms with Crippen LogP contribution in [0, 0.1) is 5.82 Å². The molecular weight excluding hydrogens is 245 g/mol. The van der Waals surface area contributed by atoms with Gasteiger partial charge in [0, 0.05) is 23.7 Å². The van der Waals surface area contributed by atoms with E-state index in [4.69, 9.17) is 5.73 Å². The average Bonchev–Trinajstić information content (AvgIpc) is 2.32. The SMILES string of the molecule is Cn1nc(-c2ccc(F)cc2)cc(C(C)(C)N)c1=O. The van der Waals surface area contributed by atoms with Crippen molar-refractivity contribution < 1.29 is 4.39 Å². The Hall–Kier alpha value is -2.01. The van der Waals surface area contributed by atoms with Crippen molar-refractivity contribution in [2.24, 2.45) is 12.8 Å². The van der Waals surface area contributed by atoms with Gasteiger partial charge in [0.25, 0.3) is 5.56 Å². The van der Waals surface area contributed by atoms with Crippen molar-refractivity contribution in [3.63, 3.8) is 0 Å². The lowest BCUT2D eigenvalue weighted by Crippen LogP contribution is -2.38. The summed E-state index contributed by atoms with van der Waals surface area (Å²) in [4.78, 5) is 12.0. The summed E-state index contributed by atoms with van der Waals surface area (Å²) in [6.45, 7) is 3.52. The lowest BCUT2D eigenvalue weighted by Gasteiger charge is -2.19. The highest BCUT2D eigenvalue weighted by molar-refractivity contribution is 5.59. The van der Waals surface area contributed by atoms with Gasteiger partial charge in [-0.25, -0.2) is 9.07 Å². The van der Waals surface area contributed by atoms with Crippen molar-refractivity contribution in [2.75, 3.05) is 0 Å². The van der Waals surface area contributed by atoms with Gasteiger partial charge in [0.05, 0.1) is 5.69 Å². The van der Waals surface area contributed by atoms with Gasteiger partial charge in [0.1, 0.15) is 5.82 Å². The van der Waals surface area contributed by atoms with Gasteiger partial charge in [0.2, 0.25) is 0 Å². The molecule has 0 aliphatic rings. The molecule has 2 rings (SSSR count). The fourth-order valence-corrected chi connectivity index (χ4v) is 1.83. The van der Waals surface area contributed by atoms with Crippen LogP contribution in [-0.2, 0) is 12.6 Å². The summed E-state index contributed by atoms with van der Waals surface area (Å²) in [5.74, 6) is -0.312. The van der Waals surface area contributed by atoms with Gasteiger partial charge in [-0.3, -0.25) is 4.79 Å². The summed E-state index contributed by atoms with van der Waals surface area (Å²) in [7, 11) is 1.57. The van der Waals surface area contributed by atoms with Gasteiger partial charge in [-0.15, -0.1) is 0 Å². The average molecular weight is 261 g/mol. The van der Waals surface area contributed by atoms with E-state index in [0.29, 0.717) is 11.3 Å². The van der Waals surface area contributed by atoms with E-state index in [1.54, 1.807) is 39.1 Å². The topological polar surface area (TPSA) is 60.9 Å². The first kappa shape index (κ1) is 13.4. The van der Waals surface area contributed by atoms with E-state index in [0.717, 1.165) is 5.56 Å². The maximum atomic E-state index is 12.9. The molecular formula is C14H16FN3O. The Labute approximate surface area is 110 Å². The first-order valence-electron chi connectivity index (χ1n) is 5.92. The minimum atomic E-state index is -0.757. The summed E-state index contributed by atoms with van der Waals surface area (Å²) < 4.78 is 14.2. The van der Waals surface area contributed by atoms with Gasteiger partial charge >= 0.3 is 0 Å². The zero-order chi connectivity index (χ0) is 14.2. The van der Waals surface area contributed by atoms with Crippen LogP contribution in [0.25, 0.3) is 11.3 Å². The van der Waals surface area contributed by atoms with Crippen molar-refractivity contribution in [2.45, 2.75) is 19.4 Å². The minimum Gasteiger partial charge on any atom is -0.322 e. The lowest BCUT2D eigenvalue weighted by molar-refractivity contribution is 0.531. The van der Waals surface area contributed by atoms with Gasteiger partial charge < -0.3 is 5.73 Å². The van der Waals surface area contributed by atoms with E-state index in [2.05, 4.69) is 5.10 Å². The molecule has 1 aromatic heterocycles. The standard InChI is InChI=1S/C14H16FN3O/c1-14(2,16)11-8-12(17-18(3)13(11)19)9-4-6-10(15)7-5-9/h4-8H,16H2,1-3H3. The first-order valence-corrected chi connectivity index (χ1v) is 5.92. The third-order valence-electron chi connectivity index (χ3n) is 2.90. The van der Waals surface area contributed by atoms with Crippen LogP contribution in [0.3, 0.4) is 0 Å². The van der Waals surface area contributed by atoms with Crippen LogP contribution in [0.1, 0.15) is 19.4 Å². The smallest absolute Gasteiger partial charge is 0.271 e. The van der Waals surface area contributed by atoms with Crippen LogP contribution >= 0.6 is 0 Å². The van der Waals surface area contributed by atoms with E-state index in [-0.39, 0.29) is 11.4 Å². The number of nitrogens with zero attached hydrogens (tertiary/aromatic N) is 2. The maximum absolute atomic E-state index is 12.9. The summed E-state index contributed by atoms with van der Waals surface area (Å²) in [5.41, 5.74) is 6.82. The maximum Gasteiger partial charge on any atom is 0.271 e. The van der Waals surface area contributed by atoms with E-state index < -0.39 is 5.54 Å². The van der Waals surface area contributed by atoms with E-state index >= 15 is 0 Å². The quantitative estimate of drug-likeness (QED) is 0.896. The van der Waals surface area contributed by atoms with Crippen LogP contribution in [-0.4, -0.2) is 9.78 Å². The normalized spacial score (nSPS) is 11.6. The number of hydrogen-bond donors (Lipinski definition) is 1. The second kappa shape index (κ2) is 4.59. The Kier molecular flexibility index (Phi) is 3.24. The summed E-state index contributed by atoms with van der Waals surface area (Å²) in [5, 5.41) is 4.17. The van der Waals surface area contributed by atoms with Crippen LogP contribution in [0.4, 0.5) is 4.39 Å². The molecule has 100 valence electrons. The van der Waals surface area contributed by atoms with Crippen LogP contribution in [0.5, 0.6) is 0 Å². The highest BCUT2D eigenvalue weighted by Crippen LogP contribution is 2.20. The predicted molar refractivity (Wildman–Crippen MR) is 72.1 cm³/mol. The Bertz CT molecular complexity index is 654. The number of nitrogens with two attached hydrogens (primary N) is 1. The minimum absolute atomic E-state index is 0.224. The van der Waals surface area contributed by atoms with Gasteiger partial charge in [0.15, 0.2) is 0 Å². The zero-order valence-electron chi connectivity index (χ0n) is 11.1. The molecule has 0 atom stereocenters. The Morgan fingerprint density at radius 3 is 2.37 bits per heavy atom. The summed E-state index contributed by atoms with van der Waals surface area (Å²) in [6, 6.07) is 7.62. The van der Waals surface area contributed by atoms with Crippen molar-refractivity contribution in [1.82, 2.24) is 9.78 Å². The number of aryl methyl sites for hydroxylation is 1. The van der Waals surface area contributed by atoms with Crippen LogP contribution < -0.4 is 11.3 Å². The molecule has 2 aromatic rings. The molecule has 0 spiro atoms. The predicted octanol–water partition coefficient (Wildman–Crippen LogP) is 1.78. The molecule has 0 unspecified atom stereocenters. The molecule has 0 fully saturated rings. The number of aromatic nitrogens is 2. The molecule has 1 aromatic carbocycles. The second-order valence-corrected chi connectivity index (χ2v) is 5.10. The fourth-order valence-electron chi connectivity index (χ4n) is 1.83. The van der Waals surface area contributed by atoms with Crippen molar-refractivity contribution >= 4 is 0 Å². The highest BCUT2D eigenvalue weighted by atomic mass is 19.1. The van der Waals surface area contributed by atoms with E-state index in [1.165, 1.54) is 16.8 Å². The molecule has 0 aliphatic heterocycles. The van der Waals surface area contributed by atoms with Crippen LogP contribution in [0.2, 0.25) is 0 Å². The van der Waals surface area contributed by atoms with Crippen molar-refractivity contribution in [1.29, 1.82) is 0 Å². The Balaban J connectivity index is 2.63. The number of rotatable bonds is 2. The highest BCUT2D eigenvalue weighted by Gasteiger charge is 2.20. The molecule has 0 radical (unpaired) electrons. The Morgan fingerprint density at radius 2 is 1.84 bits per heavy atom. The molecule has 0 aliphatic carbocycles. The zero-order valence-corrected chi connectivity index (χ0v) is 11.1. The summed E-state index contributed by atoms with van der Waals surface area (Å²) in [6.07, 6.45) is 0. The third-order valence-corrected chi connectivity index (χ3v) is 2.90. The lowest BCUT2D eigenvalue weighted by atomic mass is 9.96. The van der Waals surface area contributed by atoms with Gasteiger partial charge in [-0.2, -0.15) is 5.10 Å². The molecule has 5 heteroatoms. The first-order chi connectivity index (χ1) is 8.79. The molecule has 4 nitrogen and oxygen atoms in total. The molecule has 19 heavy (non-hydrogen) atoms. The number of hydrogen-bond acceptors (Lipinski definition) is 3. The molecule has 0 bridgehead atoms. The second-order valence-electron chi connectivity index (χ2n) is 5.10. The largest absolute Gasteiger partial charge is 0.322 e.